The summed E-state index contributed by atoms with van der Waals surface area (Å²) in [5, 5.41) is 0. The summed E-state index contributed by atoms with van der Waals surface area (Å²) in [5.74, 6) is 0.0893. The van der Waals surface area contributed by atoms with Crippen LogP contribution in [0.2, 0.25) is 0 Å². The Morgan fingerprint density at radius 2 is 1.15 bits per heavy atom. The van der Waals surface area contributed by atoms with Crippen molar-refractivity contribution in [3.63, 3.8) is 0 Å². The lowest BCUT2D eigenvalue weighted by Gasteiger charge is -2.36. The first-order chi connectivity index (χ1) is 22.1. The van der Waals surface area contributed by atoms with E-state index in [9.17, 15) is 4.79 Å². The number of ether oxygens (including phenoxy) is 3. The van der Waals surface area contributed by atoms with Crippen LogP contribution in [0.1, 0.15) is 75.7 Å². The Kier molecular flexibility index (Phi) is 18.2. The summed E-state index contributed by atoms with van der Waals surface area (Å²) in [6, 6.07) is 0. The maximum Gasteiger partial charge on any atom is 0.187 e. The first kappa shape index (κ1) is 41.5. The van der Waals surface area contributed by atoms with E-state index in [0.717, 1.165) is 27.9 Å². The van der Waals surface area contributed by atoms with Gasteiger partial charge in [-0.15, -0.1) is 0 Å². The minimum absolute atomic E-state index is 0.0893. The number of allylic oxidation sites excluding steroid dienone is 22. The predicted octanol–water partition coefficient (Wildman–Crippen LogP) is 10.8. The molecule has 1 unspecified atom stereocenters. The smallest absolute Gasteiger partial charge is 0.187 e. The molecule has 0 spiro atoms. The Hall–Kier alpha value is -3.57. The van der Waals surface area contributed by atoms with Gasteiger partial charge in [0.15, 0.2) is 5.78 Å². The summed E-state index contributed by atoms with van der Waals surface area (Å²) < 4.78 is 16.5. The van der Waals surface area contributed by atoms with Crippen molar-refractivity contribution in [2.75, 3.05) is 21.3 Å². The first-order valence-corrected chi connectivity index (χ1v) is 16.4. The lowest BCUT2D eigenvalue weighted by molar-refractivity contribution is -0.127. The molecule has 1 aliphatic rings. The van der Waals surface area contributed by atoms with Crippen molar-refractivity contribution >= 4 is 5.78 Å². The molecule has 4 nitrogen and oxygen atoms in total. The predicted molar refractivity (Wildman–Crippen MR) is 202 cm³/mol. The van der Waals surface area contributed by atoms with Gasteiger partial charge >= 0.3 is 0 Å². The largest absolute Gasteiger partial charge is 0.376 e. The Morgan fingerprint density at radius 3 is 1.57 bits per heavy atom. The highest BCUT2D eigenvalue weighted by atomic mass is 16.5. The van der Waals surface area contributed by atoms with Crippen LogP contribution in [0.4, 0.5) is 0 Å². The van der Waals surface area contributed by atoms with Gasteiger partial charge in [-0.05, 0) is 78.4 Å². The van der Waals surface area contributed by atoms with E-state index in [1.807, 2.05) is 26.8 Å². The number of ketones is 1. The summed E-state index contributed by atoms with van der Waals surface area (Å²) in [6.07, 6.45) is 35.5. The number of hydrogen-bond donors (Lipinski definition) is 0. The molecule has 0 heterocycles. The number of Topliss-reactive ketones (excluding diaryl/α,β-unsaturated/α-hetero) is 1. The molecule has 0 saturated heterocycles. The van der Waals surface area contributed by atoms with E-state index in [-0.39, 0.29) is 29.0 Å². The molecule has 1 aliphatic carbocycles. The van der Waals surface area contributed by atoms with Crippen LogP contribution in [-0.4, -0.2) is 44.9 Å². The monoisotopic (exact) mass is 640 g/mol. The van der Waals surface area contributed by atoms with E-state index in [0.29, 0.717) is 6.42 Å². The molecule has 0 radical (unpaired) electrons. The maximum atomic E-state index is 12.6. The van der Waals surface area contributed by atoms with Crippen LogP contribution in [0.25, 0.3) is 0 Å². The molecule has 0 bridgehead atoms. The number of carbonyl (C=O) groups excluding carboxylic acids is 1. The highest BCUT2D eigenvalue weighted by molar-refractivity contribution is 6.00. The van der Waals surface area contributed by atoms with Crippen LogP contribution in [-0.2, 0) is 19.0 Å². The van der Waals surface area contributed by atoms with Crippen molar-refractivity contribution in [2.24, 2.45) is 5.41 Å². The second-order valence-electron chi connectivity index (χ2n) is 13.4. The van der Waals surface area contributed by atoms with Crippen molar-refractivity contribution < 1.29 is 19.0 Å². The number of rotatable bonds is 16. The van der Waals surface area contributed by atoms with Crippen molar-refractivity contribution in [2.45, 2.75) is 93.5 Å². The zero-order valence-corrected chi connectivity index (χ0v) is 31.3. The standard InChI is InChI=1S/C43H60O4/c1-32(21-16-23-34(3)24-18-26-36(5)28-30-40(46-12)43(9,10)47-13)19-14-15-20-33(2)22-17-25-35(4)27-29-38-37(6)41(44)39(45-11)31-42(38,7)8/h14-30,39-40H,31H2,1-13H3/b15-14+,21-16+,22-17+,24-18+,29-27+,30-28+,32-19+,33-20+,34-23+,35-25+,36-26+/t39-,40?/m0/s1. The molecule has 0 N–H and O–H groups in total. The van der Waals surface area contributed by atoms with Crippen LogP contribution in [0.3, 0.4) is 0 Å². The molecule has 0 aromatic carbocycles. The fourth-order valence-electron chi connectivity index (χ4n) is 5.00. The molecule has 1 rings (SSSR count). The molecule has 2 atom stereocenters. The van der Waals surface area contributed by atoms with Crippen LogP contribution in [0, 0.1) is 5.41 Å². The molecule has 0 fully saturated rings. The molecular weight excluding hydrogens is 580 g/mol. The van der Waals surface area contributed by atoms with E-state index < -0.39 is 0 Å². The summed E-state index contributed by atoms with van der Waals surface area (Å²) in [4.78, 5) is 12.6. The zero-order chi connectivity index (χ0) is 35.6. The van der Waals surface area contributed by atoms with Gasteiger partial charge in [-0.2, -0.15) is 0 Å². The van der Waals surface area contributed by atoms with E-state index in [1.165, 1.54) is 11.1 Å². The van der Waals surface area contributed by atoms with Gasteiger partial charge in [0.25, 0.3) is 0 Å². The van der Waals surface area contributed by atoms with Gasteiger partial charge in [-0.3, -0.25) is 4.79 Å². The fourth-order valence-corrected chi connectivity index (χ4v) is 5.00. The second-order valence-corrected chi connectivity index (χ2v) is 13.4. The summed E-state index contributed by atoms with van der Waals surface area (Å²) in [7, 11) is 5.01. The first-order valence-electron chi connectivity index (χ1n) is 16.4. The van der Waals surface area contributed by atoms with E-state index >= 15 is 0 Å². The van der Waals surface area contributed by atoms with E-state index in [4.69, 9.17) is 14.2 Å². The van der Waals surface area contributed by atoms with Gasteiger partial charge in [0, 0.05) is 21.3 Å². The minimum Gasteiger partial charge on any atom is -0.376 e. The molecule has 47 heavy (non-hydrogen) atoms. The maximum absolute atomic E-state index is 12.6. The quantitative estimate of drug-likeness (QED) is 0.158. The zero-order valence-electron chi connectivity index (χ0n) is 31.3. The minimum atomic E-state index is -0.385. The number of methoxy groups -OCH3 is 3. The van der Waals surface area contributed by atoms with Crippen LogP contribution in [0.15, 0.2) is 142 Å². The summed E-state index contributed by atoms with van der Waals surface area (Å²) in [5.41, 5.74) is 7.13. The van der Waals surface area contributed by atoms with Gasteiger partial charge in [0.05, 0.1) is 5.60 Å². The Balaban J connectivity index is 2.70. The Bertz CT molecular complexity index is 1420. The van der Waals surface area contributed by atoms with Gasteiger partial charge < -0.3 is 14.2 Å². The number of hydrogen-bond acceptors (Lipinski definition) is 4. The third-order valence-corrected chi connectivity index (χ3v) is 8.27. The molecule has 0 amide bonds. The van der Waals surface area contributed by atoms with E-state index in [2.05, 4.69) is 146 Å². The van der Waals surface area contributed by atoms with Crippen molar-refractivity contribution in [3.8, 4) is 0 Å². The highest BCUT2D eigenvalue weighted by Crippen LogP contribution is 2.40. The normalized spacial score (nSPS) is 20.6. The topological polar surface area (TPSA) is 44.8 Å². The average Bonchev–Trinajstić information content (AvgIpc) is 3.01. The van der Waals surface area contributed by atoms with Crippen LogP contribution >= 0.6 is 0 Å². The third-order valence-electron chi connectivity index (χ3n) is 8.27. The molecular formula is C43H60O4. The van der Waals surface area contributed by atoms with E-state index in [1.54, 1.807) is 21.3 Å². The second kappa shape index (κ2) is 20.6. The lowest BCUT2D eigenvalue weighted by atomic mass is 9.71. The van der Waals surface area contributed by atoms with Crippen LogP contribution in [0.5, 0.6) is 0 Å². The lowest BCUT2D eigenvalue weighted by Crippen LogP contribution is -2.38. The number of carbonyl (C=O) groups is 1. The third kappa shape index (κ3) is 15.3. The highest BCUT2D eigenvalue weighted by Gasteiger charge is 2.37. The molecule has 0 aliphatic heterocycles. The molecule has 4 heteroatoms. The van der Waals surface area contributed by atoms with Crippen molar-refractivity contribution in [1.29, 1.82) is 0 Å². The van der Waals surface area contributed by atoms with Crippen molar-refractivity contribution in [1.82, 2.24) is 0 Å². The van der Waals surface area contributed by atoms with Crippen molar-refractivity contribution in [3.05, 3.63) is 142 Å². The van der Waals surface area contributed by atoms with Crippen LogP contribution < -0.4 is 0 Å². The summed E-state index contributed by atoms with van der Waals surface area (Å²) in [6.45, 7) is 20.7. The summed E-state index contributed by atoms with van der Waals surface area (Å²) >= 11 is 0. The Labute approximate surface area is 286 Å². The molecule has 0 aromatic rings. The van der Waals surface area contributed by atoms with Gasteiger partial charge in [-0.25, -0.2) is 0 Å². The van der Waals surface area contributed by atoms with Gasteiger partial charge in [-0.1, -0.05) is 145 Å². The Morgan fingerprint density at radius 1 is 0.723 bits per heavy atom. The average molecular weight is 641 g/mol. The van der Waals surface area contributed by atoms with Gasteiger partial charge in [0.1, 0.15) is 12.2 Å². The molecule has 256 valence electrons. The molecule has 0 saturated carbocycles. The van der Waals surface area contributed by atoms with Gasteiger partial charge in [0.2, 0.25) is 0 Å². The molecule has 0 aromatic heterocycles. The SMILES string of the molecule is COC(/C=C/C(C)=C/C=C/C(C)=C/C=C/C(C)=C/C=C/C=C(C)/C=C/C=C(C)/C=C/C1=C(C)C(=O)[C@@H](OC)CC1(C)C)C(C)(C)OC. The fraction of sp³-hybridized carbons (Fsp3) is 0.419.